The van der Waals surface area contributed by atoms with Crippen LogP contribution < -0.4 is 0 Å². The molecule has 0 aliphatic rings. The largest absolute Gasteiger partial charge is 0.457 e. The van der Waals surface area contributed by atoms with Gasteiger partial charge in [-0.15, -0.1) is 0 Å². The van der Waals surface area contributed by atoms with E-state index >= 15 is 0 Å². The molecule has 0 saturated carbocycles. The average Bonchev–Trinajstić information content (AvgIpc) is 2.02. The Morgan fingerprint density at radius 2 is 2.00 bits per heavy atom. The zero-order valence-electron chi connectivity index (χ0n) is 8.59. The van der Waals surface area contributed by atoms with Crippen LogP contribution in [0.1, 0.15) is 13.8 Å². The van der Waals surface area contributed by atoms with Crippen LogP contribution >= 0.6 is 7.60 Å². The van der Waals surface area contributed by atoms with E-state index in [1.54, 1.807) is 0 Å². The van der Waals surface area contributed by atoms with Gasteiger partial charge in [-0.05, 0) is 6.92 Å². The molecule has 1 N–H and O–H groups in total. The van der Waals surface area contributed by atoms with Crippen LogP contribution in [0, 0.1) is 0 Å². The second-order valence-corrected chi connectivity index (χ2v) is 4.88. The van der Waals surface area contributed by atoms with Crippen molar-refractivity contribution in [1.29, 1.82) is 0 Å². The molecule has 0 aromatic heterocycles. The van der Waals surface area contributed by atoms with Gasteiger partial charge in [-0.25, -0.2) is 0 Å². The van der Waals surface area contributed by atoms with Gasteiger partial charge in [0.25, 0.3) is 0 Å². The Balaban J connectivity index is 4.13. The first kappa shape index (κ1) is 13.6. The monoisotopic (exact) mass is 226 g/mol. The molecule has 6 nitrogen and oxygen atoms in total. The molecule has 7 heteroatoms. The van der Waals surface area contributed by atoms with Gasteiger partial charge >= 0.3 is 13.6 Å². The van der Waals surface area contributed by atoms with Crippen molar-refractivity contribution < 1.29 is 28.3 Å². The van der Waals surface area contributed by atoms with Crippen molar-refractivity contribution in [2.45, 2.75) is 26.2 Å². The highest BCUT2D eigenvalue weighted by Crippen LogP contribution is 2.44. The van der Waals surface area contributed by atoms with Crippen LogP contribution in [0.3, 0.4) is 0 Å². The maximum atomic E-state index is 11.2. The van der Waals surface area contributed by atoms with Crippen molar-refractivity contribution in [3.8, 4) is 0 Å². The van der Waals surface area contributed by atoms with Crippen LogP contribution in [0.5, 0.6) is 0 Å². The quantitative estimate of drug-likeness (QED) is 0.423. The third-order valence-electron chi connectivity index (χ3n) is 1.38. The number of carbonyl (C=O) groups excluding carboxylic acids is 1. The molecule has 0 amide bonds. The smallest absolute Gasteiger partial charge is 0.329 e. The van der Waals surface area contributed by atoms with Crippen molar-refractivity contribution in [2.24, 2.45) is 0 Å². The van der Waals surface area contributed by atoms with Gasteiger partial charge in [-0.3, -0.25) is 13.9 Å². The Morgan fingerprint density at radius 3 is 2.36 bits per heavy atom. The van der Waals surface area contributed by atoms with Crippen molar-refractivity contribution >= 4 is 13.6 Å². The molecule has 0 heterocycles. The van der Waals surface area contributed by atoms with E-state index < -0.39 is 26.0 Å². The number of carbonyl (C=O) groups is 1. The van der Waals surface area contributed by atoms with E-state index in [0.29, 0.717) is 0 Å². The molecule has 0 saturated heterocycles. The first-order valence-corrected chi connectivity index (χ1v) is 5.94. The summed E-state index contributed by atoms with van der Waals surface area (Å²) in [5.74, 6) is -0.552. The molecule has 0 bridgehead atoms. The first-order chi connectivity index (χ1) is 6.28. The van der Waals surface area contributed by atoms with Crippen molar-refractivity contribution in [3.63, 3.8) is 0 Å². The maximum Gasteiger partial charge on any atom is 0.329 e. The number of aliphatic hydroxyl groups excluding tert-OH is 1. The van der Waals surface area contributed by atoms with Crippen LogP contribution in [0.15, 0.2) is 0 Å². The lowest BCUT2D eigenvalue weighted by Crippen LogP contribution is -2.29. The SMILES string of the molecule is COP(C)(=O)OC(O)C(C)OC(C)=O. The number of hydrogen-bond donors (Lipinski definition) is 1. The molecule has 3 atom stereocenters. The topological polar surface area (TPSA) is 82.1 Å². The summed E-state index contributed by atoms with van der Waals surface area (Å²) in [5.41, 5.74) is 0. The maximum absolute atomic E-state index is 11.2. The van der Waals surface area contributed by atoms with Gasteiger partial charge in [-0.2, -0.15) is 0 Å². The summed E-state index contributed by atoms with van der Waals surface area (Å²) in [4.78, 5) is 10.5. The molecule has 0 spiro atoms. The van der Waals surface area contributed by atoms with Crippen LogP contribution in [0.4, 0.5) is 0 Å². The van der Waals surface area contributed by atoms with E-state index in [1.165, 1.54) is 27.6 Å². The van der Waals surface area contributed by atoms with E-state index in [0.717, 1.165) is 0 Å². The Bertz CT molecular complexity index is 240. The standard InChI is InChI=1S/C7H15O6P/c1-5(12-6(2)8)7(9)13-14(4,10)11-3/h5,7,9H,1-4H3. The summed E-state index contributed by atoms with van der Waals surface area (Å²) in [5, 5.41) is 9.28. The number of hydrogen-bond acceptors (Lipinski definition) is 6. The molecular weight excluding hydrogens is 211 g/mol. The van der Waals surface area contributed by atoms with E-state index in [4.69, 9.17) is 0 Å². The van der Waals surface area contributed by atoms with Crippen molar-refractivity contribution in [3.05, 3.63) is 0 Å². The highest BCUT2D eigenvalue weighted by Gasteiger charge is 2.26. The van der Waals surface area contributed by atoms with Gasteiger partial charge in [-0.1, -0.05) is 0 Å². The van der Waals surface area contributed by atoms with Crippen LogP contribution in [0.25, 0.3) is 0 Å². The predicted octanol–water partition coefficient (Wildman–Crippen LogP) is 0.742. The number of esters is 1. The summed E-state index contributed by atoms with van der Waals surface area (Å²) >= 11 is 0. The lowest BCUT2D eigenvalue weighted by Gasteiger charge is -2.21. The van der Waals surface area contributed by atoms with Gasteiger partial charge in [0.05, 0.1) is 0 Å². The highest BCUT2D eigenvalue weighted by atomic mass is 31.2. The molecule has 3 unspecified atom stereocenters. The second kappa shape index (κ2) is 5.46. The minimum Gasteiger partial charge on any atom is -0.457 e. The van der Waals surface area contributed by atoms with Gasteiger partial charge < -0.3 is 14.4 Å². The predicted molar refractivity (Wildman–Crippen MR) is 48.9 cm³/mol. The molecule has 0 aliphatic carbocycles. The summed E-state index contributed by atoms with van der Waals surface area (Å²) in [6.07, 6.45) is -2.36. The molecule has 0 radical (unpaired) electrons. The fourth-order valence-corrected chi connectivity index (χ4v) is 1.29. The van der Waals surface area contributed by atoms with E-state index in [-0.39, 0.29) is 0 Å². The van der Waals surface area contributed by atoms with Gasteiger partial charge in [0.1, 0.15) is 6.10 Å². The van der Waals surface area contributed by atoms with Crippen LogP contribution in [-0.4, -0.2) is 37.2 Å². The normalized spacial score (nSPS) is 19.5. The summed E-state index contributed by atoms with van der Waals surface area (Å²) in [7, 11) is -2.07. The minimum atomic E-state index is -3.27. The van der Waals surface area contributed by atoms with Crippen molar-refractivity contribution in [2.75, 3.05) is 13.8 Å². The molecule has 0 rings (SSSR count). The molecule has 14 heavy (non-hydrogen) atoms. The zero-order chi connectivity index (χ0) is 11.4. The fourth-order valence-electron chi connectivity index (χ4n) is 0.645. The van der Waals surface area contributed by atoms with Gasteiger partial charge in [0.15, 0.2) is 0 Å². The molecule has 0 aromatic carbocycles. The van der Waals surface area contributed by atoms with Gasteiger partial charge in [0.2, 0.25) is 6.29 Å². The van der Waals surface area contributed by atoms with Crippen molar-refractivity contribution in [1.82, 2.24) is 0 Å². The lowest BCUT2D eigenvalue weighted by molar-refractivity contribution is -0.165. The number of ether oxygens (including phenoxy) is 1. The summed E-state index contributed by atoms with van der Waals surface area (Å²) < 4.78 is 25.0. The average molecular weight is 226 g/mol. The lowest BCUT2D eigenvalue weighted by atomic mass is 10.4. The third kappa shape index (κ3) is 5.34. The highest BCUT2D eigenvalue weighted by molar-refractivity contribution is 7.52. The van der Waals surface area contributed by atoms with Crippen LogP contribution in [0.2, 0.25) is 0 Å². The van der Waals surface area contributed by atoms with E-state index in [2.05, 4.69) is 13.8 Å². The summed E-state index contributed by atoms with van der Waals surface area (Å²) in [6.45, 7) is 3.82. The molecule has 0 aliphatic heterocycles. The second-order valence-electron chi connectivity index (χ2n) is 2.76. The summed E-state index contributed by atoms with van der Waals surface area (Å²) in [6, 6.07) is 0. The van der Waals surface area contributed by atoms with Gasteiger partial charge in [0, 0.05) is 20.7 Å². The fraction of sp³-hybridized carbons (Fsp3) is 0.857. The Hall–Kier alpha value is -0.420. The molecule has 84 valence electrons. The Morgan fingerprint density at radius 1 is 1.50 bits per heavy atom. The molecular formula is C7H15O6P. The van der Waals surface area contributed by atoms with Crippen LogP contribution in [-0.2, 0) is 23.1 Å². The Labute approximate surface area is 82.7 Å². The molecule has 0 aromatic rings. The number of aliphatic hydroxyl groups is 1. The Kier molecular flexibility index (Phi) is 5.29. The van der Waals surface area contributed by atoms with E-state index in [9.17, 15) is 14.5 Å². The third-order valence-corrected chi connectivity index (χ3v) is 2.65. The van der Waals surface area contributed by atoms with E-state index in [1.807, 2.05) is 0 Å². The zero-order valence-corrected chi connectivity index (χ0v) is 9.48. The number of rotatable bonds is 5. The first-order valence-electron chi connectivity index (χ1n) is 3.95. The minimum absolute atomic E-state index is 0.552. The molecule has 0 fully saturated rings.